The number of hydrogen-bond acceptors (Lipinski definition) is 7. The van der Waals surface area contributed by atoms with E-state index in [2.05, 4.69) is 22.4 Å². The van der Waals surface area contributed by atoms with Crippen molar-refractivity contribution >= 4 is 11.0 Å². The van der Waals surface area contributed by atoms with Crippen molar-refractivity contribution in [2.24, 2.45) is 0 Å². The Hall–Kier alpha value is -4.43. The van der Waals surface area contributed by atoms with Crippen molar-refractivity contribution in [2.45, 2.75) is 39.5 Å². The minimum atomic E-state index is -0.817. The van der Waals surface area contributed by atoms with Gasteiger partial charge in [-0.2, -0.15) is 0 Å². The Bertz CT molecular complexity index is 1580. The maximum absolute atomic E-state index is 12.2. The second-order valence-corrected chi connectivity index (χ2v) is 9.08. The fourth-order valence-corrected chi connectivity index (χ4v) is 4.36. The highest BCUT2D eigenvalue weighted by atomic mass is 16.5. The first-order valence-electron chi connectivity index (χ1n) is 12.5. The highest BCUT2D eigenvalue weighted by Gasteiger charge is 2.13. The van der Waals surface area contributed by atoms with E-state index in [4.69, 9.17) is 13.9 Å². The number of hydrogen-bond donors (Lipinski definition) is 1. The molecule has 0 fully saturated rings. The summed E-state index contributed by atoms with van der Waals surface area (Å²) in [5, 5.41) is 19.5. The predicted octanol–water partition coefficient (Wildman–Crippen LogP) is 4.94. The van der Waals surface area contributed by atoms with Crippen LogP contribution in [-0.4, -0.2) is 32.8 Å². The van der Waals surface area contributed by atoms with Gasteiger partial charge in [-0.15, -0.1) is 5.10 Å². The molecule has 0 aliphatic heterocycles. The van der Waals surface area contributed by atoms with Gasteiger partial charge in [0.2, 0.25) is 0 Å². The van der Waals surface area contributed by atoms with E-state index in [1.807, 2.05) is 62.4 Å². The number of fused-ring (bicyclic) bond motifs is 1. The number of aliphatic hydroxyl groups excluding tert-OH is 1. The van der Waals surface area contributed by atoms with Crippen LogP contribution in [0.25, 0.3) is 22.1 Å². The quantitative estimate of drug-likeness (QED) is 0.265. The van der Waals surface area contributed by atoms with Gasteiger partial charge in [0, 0.05) is 17.0 Å². The Morgan fingerprint density at radius 1 is 0.974 bits per heavy atom. The van der Waals surface area contributed by atoms with E-state index in [-0.39, 0.29) is 25.4 Å². The summed E-state index contributed by atoms with van der Waals surface area (Å²) in [7, 11) is 0. The molecule has 3 aromatic carbocycles. The van der Waals surface area contributed by atoms with E-state index < -0.39 is 6.10 Å². The maximum Gasteiger partial charge on any atom is 0.339 e. The second-order valence-electron chi connectivity index (χ2n) is 9.08. The molecule has 194 valence electrons. The molecule has 1 atom stereocenters. The minimum Gasteiger partial charge on any atom is -0.491 e. The van der Waals surface area contributed by atoms with Gasteiger partial charge in [0.25, 0.3) is 0 Å². The monoisotopic (exact) mass is 511 g/mol. The van der Waals surface area contributed by atoms with Crippen LogP contribution in [0.2, 0.25) is 0 Å². The smallest absolute Gasteiger partial charge is 0.339 e. The van der Waals surface area contributed by atoms with Crippen molar-refractivity contribution < 1.29 is 19.0 Å². The van der Waals surface area contributed by atoms with Gasteiger partial charge in [-0.3, -0.25) is 0 Å². The van der Waals surface area contributed by atoms with Gasteiger partial charge >= 0.3 is 5.63 Å². The molecule has 0 bridgehead atoms. The largest absolute Gasteiger partial charge is 0.491 e. The highest BCUT2D eigenvalue weighted by molar-refractivity contribution is 5.82. The predicted molar refractivity (Wildman–Crippen MR) is 144 cm³/mol. The molecule has 38 heavy (non-hydrogen) atoms. The molecule has 2 heterocycles. The van der Waals surface area contributed by atoms with Crippen LogP contribution in [0.3, 0.4) is 0 Å². The second kappa shape index (κ2) is 11.3. The molecule has 5 aromatic rings. The number of benzene rings is 3. The highest BCUT2D eigenvalue weighted by Crippen LogP contribution is 2.25. The summed E-state index contributed by atoms with van der Waals surface area (Å²) in [6, 6.07) is 23.4. The topological polar surface area (TPSA) is 99.6 Å². The molecular weight excluding hydrogens is 482 g/mol. The standard InChI is InChI=1S/C30H29N3O5/c1-3-27-20(2)28-14-13-26(15-29(28)38-30(27)35)37-19-24(34)17-33-16-23(31-32-33)18-36-25-11-9-22(10-12-25)21-7-5-4-6-8-21/h4-16,24,34H,3,17-19H2,1-2H3. The molecule has 0 amide bonds. The maximum atomic E-state index is 12.2. The van der Waals surface area contributed by atoms with E-state index in [0.717, 1.165) is 27.8 Å². The molecule has 0 spiro atoms. The Morgan fingerprint density at radius 3 is 2.47 bits per heavy atom. The Kier molecular flexibility index (Phi) is 7.51. The van der Waals surface area contributed by atoms with Crippen molar-refractivity contribution in [1.29, 1.82) is 0 Å². The molecule has 8 heteroatoms. The zero-order chi connectivity index (χ0) is 26.5. The summed E-state index contributed by atoms with van der Waals surface area (Å²) < 4.78 is 18.6. The molecular formula is C30H29N3O5. The van der Waals surface area contributed by atoms with Crippen LogP contribution in [-0.2, 0) is 19.6 Å². The first-order chi connectivity index (χ1) is 18.5. The van der Waals surface area contributed by atoms with E-state index in [1.54, 1.807) is 23.0 Å². The molecule has 0 saturated carbocycles. The fraction of sp³-hybridized carbons (Fsp3) is 0.233. The summed E-state index contributed by atoms with van der Waals surface area (Å²) >= 11 is 0. The molecule has 0 saturated heterocycles. The van der Waals surface area contributed by atoms with Gasteiger partial charge in [0.15, 0.2) is 0 Å². The summed E-state index contributed by atoms with van der Waals surface area (Å²) in [6.07, 6.45) is 1.54. The van der Waals surface area contributed by atoms with Gasteiger partial charge in [-0.1, -0.05) is 54.6 Å². The van der Waals surface area contributed by atoms with Crippen molar-refractivity contribution in [1.82, 2.24) is 15.0 Å². The van der Waals surface area contributed by atoms with Crippen molar-refractivity contribution in [3.05, 3.63) is 106 Å². The first kappa shape index (κ1) is 25.2. The van der Waals surface area contributed by atoms with Crippen LogP contribution in [0.5, 0.6) is 11.5 Å². The Morgan fingerprint density at radius 2 is 1.71 bits per heavy atom. The number of aromatic nitrogens is 3. The molecule has 1 unspecified atom stereocenters. The van der Waals surface area contributed by atoms with E-state index in [9.17, 15) is 9.90 Å². The minimum absolute atomic E-state index is 0.0429. The van der Waals surface area contributed by atoms with Crippen molar-refractivity contribution in [2.75, 3.05) is 6.61 Å². The molecule has 5 rings (SSSR count). The molecule has 2 aromatic heterocycles. The van der Waals surface area contributed by atoms with E-state index in [1.165, 1.54) is 0 Å². The van der Waals surface area contributed by atoms with Crippen LogP contribution in [0, 0.1) is 6.92 Å². The molecule has 8 nitrogen and oxygen atoms in total. The van der Waals surface area contributed by atoms with Gasteiger partial charge in [-0.05, 0) is 54.3 Å². The van der Waals surface area contributed by atoms with Gasteiger partial charge in [0.05, 0.1) is 12.7 Å². The van der Waals surface area contributed by atoms with Crippen molar-refractivity contribution in [3.8, 4) is 22.6 Å². The van der Waals surface area contributed by atoms with Crippen LogP contribution < -0.4 is 15.1 Å². The lowest BCUT2D eigenvalue weighted by Crippen LogP contribution is -2.24. The third-order valence-corrected chi connectivity index (χ3v) is 6.39. The Labute approximate surface area is 220 Å². The number of ether oxygens (including phenoxy) is 2. The van der Waals surface area contributed by atoms with Crippen LogP contribution in [0.15, 0.2) is 88.2 Å². The molecule has 0 aliphatic rings. The number of aryl methyl sites for hydroxylation is 1. The lowest BCUT2D eigenvalue weighted by atomic mass is 10.0. The molecule has 0 aliphatic carbocycles. The zero-order valence-corrected chi connectivity index (χ0v) is 21.3. The molecule has 1 N–H and O–H groups in total. The third-order valence-electron chi connectivity index (χ3n) is 6.39. The van der Waals surface area contributed by atoms with E-state index in [0.29, 0.717) is 29.0 Å². The Balaban J connectivity index is 1.13. The third kappa shape index (κ3) is 5.76. The normalized spacial score (nSPS) is 12.0. The summed E-state index contributed by atoms with van der Waals surface area (Å²) in [5.74, 6) is 1.24. The average molecular weight is 512 g/mol. The van der Waals surface area contributed by atoms with Crippen LogP contribution >= 0.6 is 0 Å². The SMILES string of the molecule is CCc1c(C)c2ccc(OCC(O)Cn3cc(COc4ccc(-c5ccccc5)cc4)nn3)cc2oc1=O. The fourth-order valence-electron chi connectivity index (χ4n) is 4.36. The number of aliphatic hydroxyl groups is 1. The average Bonchev–Trinajstić information content (AvgIpc) is 3.38. The summed E-state index contributed by atoms with van der Waals surface area (Å²) in [6.45, 7) is 4.36. The summed E-state index contributed by atoms with van der Waals surface area (Å²) in [5.41, 5.74) is 4.65. The molecule has 0 radical (unpaired) electrons. The zero-order valence-electron chi connectivity index (χ0n) is 21.3. The van der Waals surface area contributed by atoms with Crippen LogP contribution in [0.1, 0.15) is 23.7 Å². The first-order valence-corrected chi connectivity index (χ1v) is 12.5. The van der Waals surface area contributed by atoms with Crippen LogP contribution in [0.4, 0.5) is 0 Å². The van der Waals surface area contributed by atoms with Gasteiger partial charge in [0.1, 0.15) is 42.1 Å². The van der Waals surface area contributed by atoms with E-state index >= 15 is 0 Å². The summed E-state index contributed by atoms with van der Waals surface area (Å²) in [4.78, 5) is 12.2. The van der Waals surface area contributed by atoms with Gasteiger partial charge < -0.3 is 19.0 Å². The number of rotatable bonds is 10. The lowest BCUT2D eigenvalue weighted by Gasteiger charge is -2.13. The van der Waals surface area contributed by atoms with Crippen molar-refractivity contribution in [3.63, 3.8) is 0 Å². The lowest BCUT2D eigenvalue weighted by molar-refractivity contribution is 0.0888. The number of nitrogens with zero attached hydrogens (tertiary/aromatic N) is 3. The van der Waals surface area contributed by atoms with Gasteiger partial charge in [-0.25, -0.2) is 9.48 Å².